The maximum absolute atomic E-state index is 11.2. The third kappa shape index (κ3) is 2.37. The van der Waals surface area contributed by atoms with Crippen LogP contribution < -0.4 is 5.32 Å². The summed E-state index contributed by atoms with van der Waals surface area (Å²) in [5.41, 5.74) is 0.964. The summed E-state index contributed by atoms with van der Waals surface area (Å²) in [4.78, 5) is 11.2. The third-order valence-corrected chi connectivity index (χ3v) is 1.73. The molecule has 0 aromatic rings. The van der Waals surface area contributed by atoms with E-state index in [0.717, 1.165) is 25.0 Å². The molecule has 0 spiro atoms. The van der Waals surface area contributed by atoms with Gasteiger partial charge in [-0.3, -0.25) is 4.79 Å². The molecule has 0 aromatic heterocycles. The van der Waals surface area contributed by atoms with Gasteiger partial charge in [-0.05, 0) is 18.8 Å². The number of carbonyl (C=O) groups excluding carboxylic acids is 1. The molecule has 0 radical (unpaired) electrons. The van der Waals surface area contributed by atoms with Crippen LogP contribution in [0.4, 0.5) is 0 Å². The van der Waals surface area contributed by atoms with E-state index >= 15 is 0 Å². The number of carbonyl (C=O) groups is 1. The molecule has 0 unspecified atom stereocenters. The van der Waals surface area contributed by atoms with Crippen LogP contribution in [0, 0.1) is 5.92 Å². The van der Waals surface area contributed by atoms with Crippen LogP contribution in [0.1, 0.15) is 26.7 Å². The van der Waals surface area contributed by atoms with Crippen LogP contribution in [-0.2, 0) is 4.79 Å². The lowest BCUT2D eigenvalue weighted by Crippen LogP contribution is -2.30. The highest BCUT2D eigenvalue weighted by Gasteiger charge is 2.13. The Balaban J connectivity index is 2.61. The third-order valence-electron chi connectivity index (χ3n) is 1.73. The van der Waals surface area contributed by atoms with Gasteiger partial charge >= 0.3 is 0 Å². The number of hydrogen-bond donors (Lipinski definition) is 1. The van der Waals surface area contributed by atoms with Crippen molar-refractivity contribution in [3.8, 4) is 0 Å². The van der Waals surface area contributed by atoms with Crippen molar-refractivity contribution in [2.24, 2.45) is 5.92 Å². The van der Waals surface area contributed by atoms with Crippen molar-refractivity contribution in [3.63, 3.8) is 0 Å². The molecular weight excluding hydrogens is 138 g/mol. The Morgan fingerprint density at radius 1 is 1.55 bits per heavy atom. The van der Waals surface area contributed by atoms with Gasteiger partial charge in [-0.25, -0.2) is 0 Å². The van der Waals surface area contributed by atoms with E-state index in [0.29, 0.717) is 5.92 Å². The van der Waals surface area contributed by atoms with Crippen molar-refractivity contribution in [3.05, 3.63) is 11.6 Å². The second-order valence-electron chi connectivity index (χ2n) is 3.30. The zero-order valence-corrected chi connectivity index (χ0v) is 7.18. The Bertz CT molecular complexity index is 182. The molecule has 11 heavy (non-hydrogen) atoms. The van der Waals surface area contributed by atoms with Gasteiger partial charge in [0.25, 0.3) is 0 Å². The van der Waals surface area contributed by atoms with Crippen LogP contribution in [-0.4, -0.2) is 12.5 Å². The minimum absolute atomic E-state index is 0.130. The quantitative estimate of drug-likeness (QED) is 0.568. The molecule has 1 aliphatic rings. The van der Waals surface area contributed by atoms with Crippen LogP contribution >= 0.6 is 0 Å². The lowest BCUT2D eigenvalue weighted by molar-refractivity contribution is -0.118. The summed E-state index contributed by atoms with van der Waals surface area (Å²) in [6, 6.07) is 0. The average Bonchev–Trinajstić information content (AvgIpc) is 1.93. The van der Waals surface area contributed by atoms with Gasteiger partial charge in [-0.2, -0.15) is 0 Å². The van der Waals surface area contributed by atoms with Crippen LogP contribution in [0.5, 0.6) is 0 Å². The molecule has 1 rings (SSSR count). The molecule has 1 aliphatic heterocycles. The van der Waals surface area contributed by atoms with E-state index < -0.39 is 0 Å². The molecule has 1 saturated heterocycles. The zero-order valence-electron chi connectivity index (χ0n) is 7.18. The maximum Gasteiger partial charge on any atom is 0.246 e. The van der Waals surface area contributed by atoms with Crippen molar-refractivity contribution >= 4 is 5.91 Å². The second kappa shape index (κ2) is 3.56. The van der Waals surface area contributed by atoms with Crippen LogP contribution in [0.15, 0.2) is 11.6 Å². The fraction of sp³-hybridized carbons (Fsp3) is 0.667. The van der Waals surface area contributed by atoms with Gasteiger partial charge < -0.3 is 5.32 Å². The normalized spacial score (nSPS) is 22.5. The summed E-state index contributed by atoms with van der Waals surface area (Å²) in [6.45, 7) is 5.03. The summed E-state index contributed by atoms with van der Waals surface area (Å²) >= 11 is 0. The monoisotopic (exact) mass is 153 g/mol. The van der Waals surface area contributed by atoms with Crippen molar-refractivity contribution in [2.45, 2.75) is 26.7 Å². The number of amides is 1. The number of rotatable bonds is 1. The molecule has 62 valence electrons. The Labute approximate surface area is 67.7 Å². The average molecular weight is 153 g/mol. The van der Waals surface area contributed by atoms with E-state index in [2.05, 4.69) is 25.2 Å². The predicted octanol–water partition coefficient (Wildman–Crippen LogP) is 1.48. The Morgan fingerprint density at radius 3 is 2.82 bits per heavy atom. The smallest absolute Gasteiger partial charge is 0.246 e. The lowest BCUT2D eigenvalue weighted by Gasteiger charge is -2.15. The van der Waals surface area contributed by atoms with Gasteiger partial charge in [-0.1, -0.05) is 19.9 Å². The molecule has 1 heterocycles. The molecule has 0 atom stereocenters. The molecule has 0 bridgehead atoms. The minimum Gasteiger partial charge on any atom is -0.352 e. The van der Waals surface area contributed by atoms with Gasteiger partial charge in [0, 0.05) is 12.1 Å². The van der Waals surface area contributed by atoms with Crippen LogP contribution in [0.2, 0.25) is 0 Å². The molecular formula is C9H15NO. The van der Waals surface area contributed by atoms with Gasteiger partial charge in [-0.15, -0.1) is 0 Å². The molecule has 1 N–H and O–H groups in total. The molecule has 0 saturated carbocycles. The van der Waals surface area contributed by atoms with Crippen LogP contribution in [0.25, 0.3) is 0 Å². The molecule has 1 amide bonds. The van der Waals surface area contributed by atoms with Gasteiger partial charge in [0.1, 0.15) is 0 Å². The molecule has 0 aliphatic carbocycles. The highest BCUT2D eigenvalue weighted by molar-refractivity contribution is 5.94. The topological polar surface area (TPSA) is 29.1 Å². The molecule has 2 heteroatoms. The zero-order chi connectivity index (χ0) is 8.27. The highest BCUT2D eigenvalue weighted by atomic mass is 16.1. The standard InChI is InChI=1S/C9H15NO/c1-7(2)6-8-4-3-5-10-9(8)11/h6-7H,3-5H2,1-2H3,(H,10,11)/b8-6+. The fourth-order valence-corrected chi connectivity index (χ4v) is 1.27. The van der Waals surface area contributed by atoms with Crippen molar-refractivity contribution < 1.29 is 4.79 Å². The Morgan fingerprint density at radius 2 is 2.27 bits per heavy atom. The van der Waals surface area contributed by atoms with Gasteiger partial charge in [0.2, 0.25) is 5.91 Å². The number of allylic oxidation sites excluding steroid dienone is 1. The number of hydrogen-bond acceptors (Lipinski definition) is 1. The lowest BCUT2D eigenvalue weighted by atomic mass is 10.0. The molecule has 2 nitrogen and oxygen atoms in total. The SMILES string of the molecule is CC(C)/C=C1\CCCNC1=O. The summed E-state index contributed by atoms with van der Waals surface area (Å²) in [6.07, 6.45) is 4.09. The second-order valence-corrected chi connectivity index (χ2v) is 3.30. The maximum atomic E-state index is 11.2. The van der Waals surface area contributed by atoms with Crippen molar-refractivity contribution in [2.75, 3.05) is 6.54 Å². The van der Waals surface area contributed by atoms with E-state index in [1.807, 2.05) is 0 Å². The summed E-state index contributed by atoms with van der Waals surface area (Å²) in [7, 11) is 0. The number of piperidine rings is 1. The molecule has 1 fully saturated rings. The van der Waals surface area contributed by atoms with E-state index in [-0.39, 0.29) is 5.91 Å². The first-order valence-electron chi connectivity index (χ1n) is 4.19. The van der Waals surface area contributed by atoms with E-state index in [1.54, 1.807) is 0 Å². The number of nitrogens with one attached hydrogen (secondary N) is 1. The Hall–Kier alpha value is -0.790. The van der Waals surface area contributed by atoms with E-state index in [4.69, 9.17) is 0 Å². The first kappa shape index (κ1) is 8.31. The van der Waals surface area contributed by atoms with Crippen molar-refractivity contribution in [1.82, 2.24) is 5.32 Å². The highest BCUT2D eigenvalue weighted by Crippen LogP contribution is 2.12. The van der Waals surface area contributed by atoms with E-state index in [1.165, 1.54) is 0 Å². The predicted molar refractivity (Wildman–Crippen MR) is 45.2 cm³/mol. The first-order chi connectivity index (χ1) is 5.20. The minimum atomic E-state index is 0.130. The summed E-state index contributed by atoms with van der Waals surface area (Å²) < 4.78 is 0. The summed E-state index contributed by atoms with van der Waals surface area (Å²) in [5.74, 6) is 0.610. The van der Waals surface area contributed by atoms with Gasteiger partial charge in [0.05, 0.1) is 0 Å². The molecule has 0 aromatic carbocycles. The fourth-order valence-electron chi connectivity index (χ4n) is 1.27. The van der Waals surface area contributed by atoms with Crippen molar-refractivity contribution in [1.29, 1.82) is 0 Å². The van der Waals surface area contributed by atoms with Gasteiger partial charge in [0.15, 0.2) is 0 Å². The first-order valence-corrected chi connectivity index (χ1v) is 4.19. The Kier molecular flexibility index (Phi) is 2.69. The van der Waals surface area contributed by atoms with E-state index in [9.17, 15) is 4.79 Å². The van der Waals surface area contributed by atoms with Crippen LogP contribution in [0.3, 0.4) is 0 Å². The largest absolute Gasteiger partial charge is 0.352 e. The summed E-state index contributed by atoms with van der Waals surface area (Å²) in [5, 5.41) is 2.83.